The molecule has 1 N–H and O–H groups in total. The van der Waals surface area contributed by atoms with Crippen molar-refractivity contribution in [2.24, 2.45) is 0 Å². The van der Waals surface area contributed by atoms with Gasteiger partial charge in [-0.25, -0.2) is 14.6 Å². The minimum absolute atomic E-state index is 0.219. The second kappa shape index (κ2) is 6.05. The van der Waals surface area contributed by atoms with Gasteiger partial charge in [0.1, 0.15) is 11.4 Å². The zero-order chi connectivity index (χ0) is 16.4. The summed E-state index contributed by atoms with van der Waals surface area (Å²) >= 11 is 0.986. The number of nitrogens with zero attached hydrogens (tertiary/aromatic N) is 2. The van der Waals surface area contributed by atoms with Crippen LogP contribution in [-0.4, -0.2) is 28.5 Å². The Hall–Kier alpha value is -2.94. The number of carbonyl (C=O) groups is 2. The van der Waals surface area contributed by atoms with Gasteiger partial charge in [-0.05, 0) is 12.1 Å². The van der Waals surface area contributed by atoms with Gasteiger partial charge in [0.25, 0.3) is 0 Å². The quantitative estimate of drug-likeness (QED) is 0.725. The lowest BCUT2D eigenvalue weighted by atomic mass is 10.3. The summed E-state index contributed by atoms with van der Waals surface area (Å²) in [5.41, 5.74) is 0.939. The van der Waals surface area contributed by atoms with Gasteiger partial charge in [-0.2, -0.15) is 0 Å². The zero-order valence-electron chi connectivity index (χ0n) is 11.9. The third-order valence-corrected chi connectivity index (χ3v) is 3.91. The maximum absolute atomic E-state index is 12.1. The van der Waals surface area contributed by atoms with Gasteiger partial charge in [-0.1, -0.05) is 23.5 Å². The predicted molar refractivity (Wildman–Crippen MR) is 82.6 cm³/mol. The lowest BCUT2D eigenvalue weighted by Crippen LogP contribution is -2.24. The van der Waals surface area contributed by atoms with Crippen LogP contribution < -0.4 is 11.1 Å². The van der Waals surface area contributed by atoms with E-state index in [0.29, 0.717) is 11.1 Å². The number of para-hydroxylation sites is 2. The highest BCUT2D eigenvalue weighted by molar-refractivity contribution is 7.17. The Balaban J connectivity index is 1.76. The molecule has 1 amide bonds. The van der Waals surface area contributed by atoms with Gasteiger partial charge in [-0.3, -0.25) is 9.36 Å². The number of amides is 1. The first-order valence-corrected chi connectivity index (χ1v) is 7.32. The number of thiazole rings is 1. The highest BCUT2D eigenvalue weighted by atomic mass is 32.1. The fraction of sp³-hybridized carbons (Fsp3) is 0.143. The Bertz CT molecular complexity index is 939. The molecule has 0 aliphatic heterocycles. The van der Waals surface area contributed by atoms with Crippen LogP contribution >= 0.6 is 11.3 Å². The molecule has 0 radical (unpaired) electrons. The lowest BCUT2D eigenvalue weighted by Gasteiger charge is -2.02. The van der Waals surface area contributed by atoms with E-state index in [9.17, 15) is 14.4 Å². The van der Waals surface area contributed by atoms with Crippen molar-refractivity contribution in [2.75, 3.05) is 12.4 Å². The van der Waals surface area contributed by atoms with E-state index in [0.717, 1.165) is 11.3 Å². The number of esters is 1. The van der Waals surface area contributed by atoms with Crippen molar-refractivity contribution in [2.45, 2.75) is 6.54 Å². The van der Waals surface area contributed by atoms with Crippen LogP contribution in [0.3, 0.4) is 0 Å². The monoisotopic (exact) mass is 333 g/mol. The number of hydrogen-bond donors (Lipinski definition) is 1. The van der Waals surface area contributed by atoms with E-state index in [4.69, 9.17) is 4.42 Å². The topological polar surface area (TPSA) is 103 Å². The maximum atomic E-state index is 12.1. The summed E-state index contributed by atoms with van der Waals surface area (Å²) < 4.78 is 10.8. The normalized spacial score (nSPS) is 10.7. The van der Waals surface area contributed by atoms with Crippen LogP contribution in [0, 0.1) is 0 Å². The van der Waals surface area contributed by atoms with Gasteiger partial charge in [-0.15, -0.1) is 0 Å². The Labute approximate surface area is 133 Å². The molecule has 1 aromatic carbocycles. The number of rotatable bonds is 4. The van der Waals surface area contributed by atoms with Crippen LogP contribution in [0.25, 0.3) is 11.1 Å². The fourth-order valence-electron chi connectivity index (χ4n) is 1.99. The van der Waals surface area contributed by atoms with Crippen LogP contribution in [0.1, 0.15) is 9.67 Å². The molecular weight excluding hydrogens is 322 g/mol. The predicted octanol–water partition coefficient (Wildman–Crippen LogP) is 1.48. The smallest absolute Gasteiger partial charge is 0.420 e. The fourth-order valence-corrected chi connectivity index (χ4v) is 2.74. The van der Waals surface area contributed by atoms with E-state index in [-0.39, 0.29) is 16.6 Å². The SMILES string of the molecule is COC(=O)c1cnc(NC(=O)Cn2c(=O)oc3ccccc32)s1. The highest BCUT2D eigenvalue weighted by Gasteiger charge is 2.15. The Morgan fingerprint density at radius 1 is 1.39 bits per heavy atom. The van der Waals surface area contributed by atoms with Crippen LogP contribution in [0.2, 0.25) is 0 Å². The molecule has 0 spiro atoms. The molecule has 2 aromatic heterocycles. The number of methoxy groups -OCH3 is 1. The second-order valence-electron chi connectivity index (χ2n) is 4.49. The van der Waals surface area contributed by atoms with Gasteiger partial charge in [0.05, 0.1) is 18.8 Å². The molecule has 0 aliphatic carbocycles. The molecule has 0 saturated heterocycles. The number of ether oxygens (including phenoxy) is 1. The van der Waals surface area contributed by atoms with E-state index in [2.05, 4.69) is 15.0 Å². The molecule has 0 unspecified atom stereocenters. The summed E-state index contributed by atoms with van der Waals surface area (Å²) in [5, 5.41) is 2.78. The van der Waals surface area contributed by atoms with Crippen molar-refractivity contribution in [3.8, 4) is 0 Å². The summed E-state index contributed by atoms with van der Waals surface area (Å²) in [7, 11) is 1.26. The van der Waals surface area contributed by atoms with E-state index < -0.39 is 17.6 Å². The average molecular weight is 333 g/mol. The first-order valence-electron chi connectivity index (χ1n) is 6.51. The second-order valence-corrected chi connectivity index (χ2v) is 5.52. The number of aromatic nitrogens is 2. The van der Waals surface area contributed by atoms with Crippen molar-refractivity contribution in [1.82, 2.24) is 9.55 Å². The molecule has 3 rings (SSSR count). The number of oxazole rings is 1. The van der Waals surface area contributed by atoms with E-state index in [1.807, 2.05) is 0 Å². The molecule has 0 saturated carbocycles. The number of hydrogen-bond acceptors (Lipinski definition) is 7. The first kappa shape index (κ1) is 15.0. The van der Waals surface area contributed by atoms with E-state index in [1.54, 1.807) is 24.3 Å². The molecule has 118 valence electrons. The van der Waals surface area contributed by atoms with Gasteiger partial charge in [0, 0.05) is 0 Å². The molecule has 0 aliphatic rings. The maximum Gasteiger partial charge on any atom is 0.420 e. The summed E-state index contributed by atoms with van der Waals surface area (Å²) in [6, 6.07) is 6.82. The van der Waals surface area contributed by atoms with Crippen molar-refractivity contribution in [1.29, 1.82) is 0 Å². The number of fused-ring (bicyclic) bond motifs is 1. The van der Waals surface area contributed by atoms with Crippen molar-refractivity contribution >= 4 is 39.4 Å². The van der Waals surface area contributed by atoms with Gasteiger partial charge >= 0.3 is 11.7 Å². The third kappa shape index (κ3) is 2.99. The lowest BCUT2D eigenvalue weighted by molar-refractivity contribution is -0.116. The molecule has 23 heavy (non-hydrogen) atoms. The molecule has 2 heterocycles. The van der Waals surface area contributed by atoms with Crippen molar-refractivity contribution < 1.29 is 18.7 Å². The zero-order valence-corrected chi connectivity index (χ0v) is 12.8. The molecule has 8 nitrogen and oxygen atoms in total. The van der Waals surface area contributed by atoms with Crippen LogP contribution in [0.5, 0.6) is 0 Å². The summed E-state index contributed by atoms with van der Waals surface area (Å²) in [5.74, 6) is -1.60. The summed E-state index contributed by atoms with van der Waals surface area (Å²) in [6.07, 6.45) is 1.31. The van der Waals surface area contributed by atoms with Gasteiger partial charge in [0.15, 0.2) is 10.7 Å². The standard InChI is InChI=1S/C14H11N3O5S/c1-21-12(19)10-6-15-13(23-10)16-11(18)7-17-8-4-2-3-5-9(8)22-14(17)20/h2-6H,7H2,1H3,(H,15,16,18). The third-order valence-electron chi connectivity index (χ3n) is 3.01. The Morgan fingerprint density at radius 2 is 2.17 bits per heavy atom. The van der Waals surface area contributed by atoms with E-state index >= 15 is 0 Å². The van der Waals surface area contributed by atoms with Crippen LogP contribution in [-0.2, 0) is 16.1 Å². The first-order chi connectivity index (χ1) is 11.1. The van der Waals surface area contributed by atoms with Crippen LogP contribution in [0.15, 0.2) is 39.7 Å². The number of benzene rings is 1. The van der Waals surface area contributed by atoms with Gasteiger partial charge in [0.2, 0.25) is 5.91 Å². The average Bonchev–Trinajstić information content (AvgIpc) is 3.12. The molecule has 3 aromatic rings. The minimum atomic E-state index is -0.615. The Kier molecular flexibility index (Phi) is 3.94. The van der Waals surface area contributed by atoms with Crippen molar-refractivity contribution in [3.63, 3.8) is 0 Å². The number of nitrogens with one attached hydrogen (secondary N) is 1. The molecule has 0 fully saturated rings. The van der Waals surface area contributed by atoms with Crippen molar-refractivity contribution in [3.05, 3.63) is 45.9 Å². The Morgan fingerprint density at radius 3 is 2.96 bits per heavy atom. The summed E-state index contributed by atoms with van der Waals surface area (Å²) in [6.45, 7) is -0.219. The molecule has 0 bridgehead atoms. The number of carbonyl (C=O) groups excluding carboxylic acids is 2. The van der Waals surface area contributed by atoms with Gasteiger partial charge < -0.3 is 14.5 Å². The molecular formula is C14H11N3O5S. The highest BCUT2D eigenvalue weighted by Crippen LogP contribution is 2.19. The molecule has 9 heteroatoms. The van der Waals surface area contributed by atoms with Crippen LogP contribution in [0.4, 0.5) is 5.13 Å². The summed E-state index contributed by atoms with van der Waals surface area (Å²) in [4.78, 5) is 39.4. The largest absolute Gasteiger partial charge is 0.465 e. The van der Waals surface area contributed by atoms with E-state index in [1.165, 1.54) is 17.9 Å². The minimum Gasteiger partial charge on any atom is -0.465 e. The number of anilines is 1. The molecule has 0 atom stereocenters.